The van der Waals surface area contributed by atoms with Gasteiger partial charge in [-0.05, 0) is 38.1 Å². The van der Waals surface area contributed by atoms with Gasteiger partial charge in [-0.15, -0.1) is 0 Å². The van der Waals surface area contributed by atoms with Gasteiger partial charge in [-0.1, -0.05) is 18.2 Å². The fraction of sp³-hybridized carbons (Fsp3) is 0.318. The smallest absolute Gasteiger partial charge is 0.265 e. The summed E-state index contributed by atoms with van der Waals surface area (Å²) < 4.78 is 21.3. The highest BCUT2D eigenvalue weighted by Gasteiger charge is 2.29. The molecule has 0 N–H and O–H groups in total. The molecule has 7 heteroatoms. The second kappa shape index (κ2) is 7.75. The van der Waals surface area contributed by atoms with Crippen LogP contribution in [-0.4, -0.2) is 45.7 Å². The zero-order chi connectivity index (χ0) is 20.5. The van der Waals surface area contributed by atoms with E-state index in [9.17, 15) is 14.0 Å². The zero-order valence-electron chi connectivity index (χ0n) is 16.3. The van der Waals surface area contributed by atoms with Crippen LogP contribution in [0.2, 0.25) is 0 Å². The second-order valence-electron chi connectivity index (χ2n) is 7.42. The average molecular weight is 395 g/mol. The number of fused-ring (bicyclic) bond motifs is 1. The number of morpholine rings is 1. The Balaban J connectivity index is 1.81. The number of ether oxygens (including phenoxy) is 1. The molecule has 6 nitrogen and oxygen atoms in total. The van der Waals surface area contributed by atoms with Crippen molar-refractivity contribution in [2.24, 2.45) is 0 Å². The number of aromatic nitrogens is 2. The topological polar surface area (TPSA) is 64.4 Å². The molecule has 1 aromatic carbocycles. The summed E-state index contributed by atoms with van der Waals surface area (Å²) in [7, 11) is 0. The van der Waals surface area contributed by atoms with E-state index in [1.54, 1.807) is 47.5 Å². The lowest BCUT2D eigenvalue weighted by Crippen LogP contribution is -2.49. The molecule has 3 heterocycles. The van der Waals surface area contributed by atoms with Crippen molar-refractivity contribution >= 4 is 16.9 Å². The Bertz CT molecular complexity index is 1120. The Morgan fingerprint density at radius 2 is 1.90 bits per heavy atom. The van der Waals surface area contributed by atoms with Crippen molar-refractivity contribution in [3.8, 4) is 0 Å². The van der Waals surface area contributed by atoms with E-state index in [0.717, 1.165) is 0 Å². The molecular formula is C22H22FN3O3. The lowest BCUT2D eigenvalue weighted by atomic mass is 10.1. The van der Waals surface area contributed by atoms with Gasteiger partial charge in [0, 0.05) is 30.2 Å². The van der Waals surface area contributed by atoms with Crippen LogP contribution in [0.15, 0.2) is 53.5 Å². The summed E-state index contributed by atoms with van der Waals surface area (Å²) in [6.45, 7) is 4.63. The number of hydrogen-bond donors (Lipinski definition) is 0. The molecule has 0 unspecified atom stereocenters. The molecule has 1 fully saturated rings. The van der Waals surface area contributed by atoms with Gasteiger partial charge < -0.3 is 9.64 Å². The number of halogens is 1. The largest absolute Gasteiger partial charge is 0.372 e. The number of benzene rings is 1. The van der Waals surface area contributed by atoms with E-state index in [-0.39, 0.29) is 30.2 Å². The van der Waals surface area contributed by atoms with Crippen molar-refractivity contribution in [2.75, 3.05) is 13.1 Å². The molecule has 0 aliphatic carbocycles. The van der Waals surface area contributed by atoms with Crippen LogP contribution in [0, 0.1) is 5.82 Å². The van der Waals surface area contributed by atoms with Gasteiger partial charge in [0.25, 0.3) is 11.5 Å². The first-order valence-electron chi connectivity index (χ1n) is 9.60. The van der Waals surface area contributed by atoms with E-state index in [2.05, 4.69) is 4.98 Å². The monoisotopic (exact) mass is 395 g/mol. The third-order valence-corrected chi connectivity index (χ3v) is 5.07. The van der Waals surface area contributed by atoms with Crippen LogP contribution in [-0.2, 0) is 11.3 Å². The quantitative estimate of drug-likeness (QED) is 0.684. The molecule has 1 aliphatic rings. The number of carbonyl (C=O) groups is 1. The summed E-state index contributed by atoms with van der Waals surface area (Å²) in [6, 6.07) is 11.4. The van der Waals surface area contributed by atoms with Gasteiger partial charge >= 0.3 is 0 Å². The molecule has 3 aromatic rings. The minimum Gasteiger partial charge on any atom is -0.372 e. The summed E-state index contributed by atoms with van der Waals surface area (Å²) in [6.07, 6.45) is 1.36. The Morgan fingerprint density at radius 1 is 1.17 bits per heavy atom. The SMILES string of the molecule is C[C@@H]1CN(C(=O)c2cc3cccnc3n(Cc3ccccc3F)c2=O)C[C@H](C)O1. The minimum atomic E-state index is -0.476. The van der Waals surface area contributed by atoms with Crippen LogP contribution in [0.4, 0.5) is 4.39 Å². The predicted octanol–water partition coefficient (Wildman–Crippen LogP) is 2.83. The van der Waals surface area contributed by atoms with Crippen molar-refractivity contribution in [1.29, 1.82) is 0 Å². The van der Waals surface area contributed by atoms with Crippen molar-refractivity contribution in [2.45, 2.75) is 32.6 Å². The van der Waals surface area contributed by atoms with Gasteiger partial charge in [0.05, 0.1) is 18.8 Å². The van der Waals surface area contributed by atoms with E-state index in [1.807, 2.05) is 13.8 Å². The summed E-state index contributed by atoms with van der Waals surface area (Å²) >= 11 is 0. The van der Waals surface area contributed by atoms with Gasteiger partial charge in [-0.3, -0.25) is 14.2 Å². The van der Waals surface area contributed by atoms with Gasteiger partial charge in [-0.2, -0.15) is 0 Å². The first kappa shape index (κ1) is 19.3. The van der Waals surface area contributed by atoms with Crippen LogP contribution < -0.4 is 5.56 Å². The molecule has 2 aromatic heterocycles. The molecule has 150 valence electrons. The molecule has 29 heavy (non-hydrogen) atoms. The fourth-order valence-electron chi connectivity index (χ4n) is 3.82. The van der Waals surface area contributed by atoms with Gasteiger partial charge in [0.2, 0.25) is 0 Å². The molecule has 0 bridgehead atoms. The Morgan fingerprint density at radius 3 is 2.62 bits per heavy atom. The van der Waals surface area contributed by atoms with E-state index in [1.165, 1.54) is 10.6 Å². The van der Waals surface area contributed by atoms with Crippen LogP contribution >= 0.6 is 0 Å². The first-order valence-corrected chi connectivity index (χ1v) is 9.60. The normalized spacial score (nSPS) is 19.5. The third kappa shape index (κ3) is 3.78. The number of carbonyl (C=O) groups excluding carboxylic acids is 1. The fourth-order valence-corrected chi connectivity index (χ4v) is 3.82. The van der Waals surface area contributed by atoms with Gasteiger partial charge in [0.15, 0.2) is 0 Å². The van der Waals surface area contributed by atoms with Crippen molar-refractivity contribution in [1.82, 2.24) is 14.5 Å². The van der Waals surface area contributed by atoms with Gasteiger partial charge in [-0.25, -0.2) is 9.37 Å². The highest BCUT2D eigenvalue weighted by atomic mass is 19.1. The molecule has 1 saturated heterocycles. The third-order valence-electron chi connectivity index (χ3n) is 5.07. The van der Waals surface area contributed by atoms with Crippen LogP contribution in [0.1, 0.15) is 29.8 Å². The van der Waals surface area contributed by atoms with Crippen LogP contribution in [0.5, 0.6) is 0 Å². The molecule has 0 spiro atoms. The lowest BCUT2D eigenvalue weighted by Gasteiger charge is -2.35. The Hall–Kier alpha value is -3.06. The van der Waals surface area contributed by atoms with Crippen LogP contribution in [0.3, 0.4) is 0 Å². The summed E-state index contributed by atoms with van der Waals surface area (Å²) in [5, 5.41) is 0.654. The molecule has 4 rings (SSSR count). The maximum Gasteiger partial charge on any atom is 0.265 e. The highest BCUT2D eigenvalue weighted by molar-refractivity contribution is 5.97. The van der Waals surface area contributed by atoms with E-state index in [4.69, 9.17) is 4.74 Å². The number of rotatable bonds is 3. The molecule has 2 atom stereocenters. The minimum absolute atomic E-state index is 0.00391. The van der Waals surface area contributed by atoms with Crippen molar-refractivity contribution < 1.29 is 13.9 Å². The number of nitrogens with zero attached hydrogens (tertiary/aromatic N) is 3. The van der Waals surface area contributed by atoms with E-state index < -0.39 is 11.4 Å². The summed E-state index contributed by atoms with van der Waals surface area (Å²) in [5.74, 6) is -0.749. The standard InChI is InChI=1S/C22H22FN3O3/c1-14-11-25(12-15(2)29-14)21(27)18-10-16-7-5-9-24-20(16)26(22(18)28)13-17-6-3-4-8-19(17)23/h3-10,14-15H,11-13H2,1-2H3/t14-,15+. The summed E-state index contributed by atoms with van der Waals surface area (Å²) in [5.41, 5.74) is 0.361. The number of pyridine rings is 2. The lowest BCUT2D eigenvalue weighted by molar-refractivity contribution is -0.0586. The Labute approximate surface area is 167 Å². The van der Waals surface area contributed by atoms with Crippen molar-refractivity contribution in [3.05, 3.63) is 76.0 Å². The molecule has 0 radical (unpaired) electrons. The Kier molecular flexibility index (Phi) is 5.15. The maximum absolute atomic E-state index is 14.2. The van der Waals surface area contributed by atoms with Crippen LogP contribution in [0.25, 0.3) is 11.0 Å². The molecule has 1 amide bonds. The average Bonchev–Trinajstić information content (AvgIpc) is 2.70. The van der Waals surface area contributed by atoms with E-state index >= 15 is 0 Å². The zero-order valence-corrected chi connectivity index (χ0v) is 16.3. The predicted molar refractivity (Wildman–Crippen MR) is 107 cm³/mol. The van der Waals surface area contributed by atoms with E-state index in [0.29, 0.717) is 29.7 Å². The second-order valence-corrected chi connectivity index (χ2v) is 7.42. The molecule has 1 aliphatic heterocycles. The summed E-state index contributed by atoms with van der Waals surface area (Å²) in [4.78, 5) is 32.4. The number of amides is 1. The molecule has 0 saturated carbocycles. The van der Waals surface area contributed by atoms with Gasteiger partial charge in [0.1, 0.15) is 17.0 Å². The molecular weight excluding hydrogens is 373 g/mol. The highest BCUT2D eigenvalue weighted by Crippen LogP contribution is 2.17. The maximum atomic E-state index is 14.2. The van der Waals surface area contributed by atoms with Crippen molar-refractivity contribution in [3.63, 3.8) is 0 Å². The first-order chi connectivity index (χ1) is 13.9. The number of hydrogen-bond acceptors (Lipinski definition) is 4.